The molecule has 1 radical (unpaired) electrons. The van der Waals surface area contributed by atoms with E-state index in [1.54, 1.807) is 0 Å². The molecule has 0 unspecified atom stereocenters. The third kappa shape index (κ3) is 247. The van der Waals surface area contributed by atoms with Crippen molar-refractivity contribution in [1.29, 1.82) is 0 Å². The summed E-state index contributed by atoms with van der Waals surface area (Å²) in [5.41, 5.74) is 0. The SMILES string of the molecule is C[N+](C)(C)C.[Co]. The normalized spacial score (nSPS) is 10.0. The Bertz CT molecular complexity index is 23.0. The molecular weight excluding hydrogens is 121 g/mol. The van der Waals surface area contributed by atoms with Crippen LogP contribution in [0.2, 0.25) is 0 Å². The van der Waals surface area contributed by atoms with Gasteiger partial charge in [0.1, 0.15) is 0 Å². The van der Waals surface area contributed by atoms with E-state index in [1.807, 2.05) is 0 Å². The van der Waals surface area contributed by atoms with Gasteiger partial charge in [0.05, 0.1) is 28.2 Å². The van der Waals surface area contributed by atoms with E-state index in [-0.39, 0.29) is 16.8 Å². The van der Waals surface area contributed by atoms with Gasteiger partial charge in [0, 0.05) is 16.8 Å². The molecule has 6 heavy (non-hydrogen) atoms. The van der Waals surface area contributed by atoms with Crippen LogP contribution in [0.3, 0.4) is 0 Å². The summed E-state index contributed by atoms with van der Waals surface area (Å²) in [6, 6.07) is 0. The van der Waals surface area contributed by atoms with Crippen LogP contribution in [0.4, 0.5) is 0 Å². The van der Waals surface area contributed by atoms with Crippen LogP contribution in [0.5, 0.6) is 0 Å². The van der Waals surface area contributed by atoms with Crippen LogP contribution < -0.4 is 0 Å². The van der Waals surface area contributed by atoms with Crippen LogP contribution in [0.15, 0.2) is 0 Å². The maximum absolute atomic E-state index is 2.12. The summed E-state index contributed by atoms with van der Waals surface area (Å²) in [5, 5.41) is 0. The molecule has 2 heteroatoms. The van der Waals surface area contributed by atoms with E-state index in [0.29, 0.717) is 0 Å². The van der Waals surface area contributed by atoms with Crippen molar-refractivity contribution in [3.05, 3.63) is 0 Å². The van der Waals surface area contributed by atoms with E-state index in [1.165, 1.54) is 0 Å². The van der Waals surface area contributed by atoms with Gasteiger partial charge in [-0.25, -0.2) is 0 Å². The molecular formula is C4H12CoN+. The van der Waals surface area contributed by atoms with Gasteiger partial charge in [-0.2, -0.15) is 0 Å². The topological polar surface area (TPSA) is 0 Å². The molecule has 0 rings (SSSR count). The van der Waals surface area contributed by atoms with Gasteiger partial charge < -0.3 is 4.48 Å². The molecule has 0 spiro atoms. The predicted molar refractivity (Wildman–Crippen MR) is 24.0 cm³/mol. The minimum Gasteiger partial charge on any atom is -0.333 e. The first-order valence-electron chi connectivity index (χ1n) is 1.79. The molecule has 0 N–H and O–H groups in total. The van der Waals surface area contributed by atoms with Crippen molar-refractivity contribution in [2.24, 2.45) is 0 Å². The number of hydrogen-bond donors (Lipinski definition) is 0. The predicted octanol–water partition coefficient (Wildman–Crippen LogP) is 0.320. The van der Waals surface area contributed by atoms with E-state index < -0.39 is 0 Å². The summed E-state index contributed by atoms with van der Waals surface area (Å²) in [6.07, 6.45) is 0. The first-order valence-corrected chi connectivity index (χ1v) is 1.79. The van der Waals surface area contributed by atoms with Crippen molar-refractivity contribution >= 4 is 0 Å². The maximum atomic E-state index is 2.12. The smallest absolute Gasteiger partial charge is 0.0675 e. The summed E-state index contributed by atoms with van der Waals surface area (Å²) < 4.78 is 1.00. The molecule has 0 amide bonds. The summed E-state index contributed by atoms with van der Waals surface area (Å²) >= 11 is 0. The molecule has 0 aliphatic heterocycles. The molecule has 0 fully saturated rings. The zero-order chi connectivity index (χ0) is 4.50. The van der Waals surface area contributed by atoms with E-state index in [0.717, 1.165) is 4.48 Å². The Morgan fingerprint density at radius 3 is 0.833 bits per heavy atom. The molecule has 0 heterocycles. The molecule has 0 bridgehead atoms. The molecule has 1 nitrogen and oxygen atoms in total. The monoisotopic (exact) mass is 133 g/mol. The fraction of sp³-hybridized carbons (Fsp3) is 1.00. The van der Waals surface area contributed by atoms with E-state index in [4.69, 9.17) is 0 Å². The van der Waals surface area contributed by atoms with Crippen LogP contribution in [0.1, 0.15) is 0 Å². The first kappa shape index (κ1) is 9.69. The molecule has 0 aliphatic rings. The minimum atomic E-state index is 0. The van der Waals surface area contributed by atoms with Gasteiger partial charge in [-0.1, -0.05) is 0 Å². The summed E-state index contributed by atoms with van der Waals surface area (Å²) in [7, 11) is 8.50. The fourth-order valence-corrected chi connectivity index (χ4v) is 0. The summed E-state index contributed by atoms with van der Waals surface area (Å²) in [4.78, 5) is 0. The average molecular weight is 133 g/mol. The number of hydrogen-bond acceptors (Lipinski definition) is 0. The van der Waals surface area contributed by atoms with Gasteiger partial charge in [0.25, 0.3) is 0 Å². The Morgan fingerprint density at radius 1 is 0.833 bits per heavy atom. The number of quaternary nitrogens is 1. The standard InChI is InChI=1S/C4H12N.Co/c1-5(2,3)4;/h1-4H3;/q+1;. The van der Waals surface area contributed by atoms with Crippen LogP contribution in [0, 0.1) is 0 Å². The van der Waals surface area contributed by atoms with Gasteiger partial charge in [-0.15, -0.1) is 0 Å². The van der Waals surface area contributed by atoms with Crippen molar-refractivity contribution in [3.8, 4) is 0 Å². The molecule has 0 atom stereocenters. The third-order valence-electron chi connectivity index (χ3n) is 0. The molecule has 0 aromatic rings. The zero-order valence-electron chi connectivity index (χ0n) is 4.78. The Labute approximate surface area is 50.1 Å². The summed E-state index contributed by atoms with van der Waals surface area (Å²) in [6.45, 7) is 0. The Hall–Kier alpha value is 0.466. The fourth-order valence-electron chi connectivity index (χ4n) is 0. The molecule has 0 saturated carbocycles. The van der Waals surface area contributed by atoms with Crippen molar-refractivity contribution in [2.75, 3.05) is 28.2 Å². The van der Waals surface area contributed by atoms with Gasteiger partial charge in [-0.3, -0.25) is 0 Å². The quantitative estimate of drug-likeness (QED) is 0.417. The second-order valence-electron chi connectivity index (χ2n) is 2.68. The molecule has 41 valence electrons. The zero-order valence-corrected chi connectivity index (χ0v) is 5.82. The second kappa shape index (κ2) is 2.61. The van der Waals surface area contributed by atoms with Crippen molar-refractivity contribution in [1.82, 2.24) is 0 Å². The van der Waals surface area contributed by atoms with E-state index in [9.17, 15) is 0 Å². The minimum absolute atomic E-state index is 0. The maximum Gasteiger partial charge on any atom is 0.0675 e. The molecule has 0 aliphatic carbocycles. The Morgan fingerprint density at radius 2 is 0.833 bits per heavy atom. The molecule has 0 aromatic heterocycles. The van der Waals surface area contributed by atoms with Gasteiger partial charge >= 0.3 is 0 Å². The second-order valence-corrected chi connectivity index (χ2v) is 2.68. The van der Waals surface area contributed by atoms with Crippen molar-refractivity contribution < 1.29 is 21.3 Å². The van der Waals surface area contributed by atoms with Crippen LogP contribution in [0.25, 0.3) is 0 Å². The first-order chi connectivity index (χ1) is 2.00. The number of nitrogens with zero attached hydrogens (tertiary/aromatic N) is 1. The van der Waals surface area contributed by atoms with E-state index >= 15 is 0 Å². The van der Waals surface area contributed by atoms with Crippen LogP contribution in [-0.4, -0.2) is 32.7 Å². The Kier molecular flexibility index (Phi) is 4.21. The van der Waals surface area contributed by atoms with Crippen LogP contribution in [-0.2, 0) is 16.8 Å². The molecule has 0 aromatic carbocycles. The number of rotatable bonds is 0. The average Bonchev–Trinajstić information content (AvgIpc) is 0.722. The largest absolute Gasteiger partial charge is 0.333 e. The third-order valence-corrected chi connectivity index (χ3v) is 0. The van der Waals surface area contributed by atoms with Gasteiger partial charge in [-0.05, 0) is 0 Å². The van der Waals surface area contributed by atoms with Crippen molar-refractivity contribution in [2.45, 2.75) is 0 Å². The summed E-state index contributed by atoms with van der Waals surface area (Å²) in [5.74, 6) is 0. The Balaban J connectivity index is 0. The van der Waals surface area contributed by atoms with Crippen molar-refractivity contribution in [3.63, 3.8) is 0 Å². The van der Waals surface area contributed by atoms with E-state index in [2.05, 4.69) is 28.2 Å². The van der Waals surface area contributed by atoms with Gasteiger partial charge in [0.15, 0.2) is 0 Å². The van der Waals surface area contributed by atoms with Gasteiger partial charge in [0.2, 0.25) is 0 Å². The van der Waals surface area contributed by atoms with Crippen LogP contribution >= 0.6 is 0 Å². The molecule has 0 saturated heterocycles.